The third kappa shape index (κ3) is 5.63. The number of H-pyrrole nitrogens is 1. The van der Waals surface area contributed by atoms with E-state index in [0.717, 1.165) is 23.9 Å². The molecule has 2 aromatic carbocycles. The summed E-state index contributed by atoms with van der Waals surface area (Å²) in [6, 6.07) is 8.03. The van der Waals surface area contributed by atoms with Crippen molar-refractivity contribution in [2.24, 2.45) is 0 Å². The molecule has 0 aliphatic carbocycles. The smallest absolute Gasteiger partial charge is 0.336 e. The highest BCUT2D eigenvalue weighted by Gasteiger charge is 2.23. The van der Waals surface area contributed by atoms with E-state index in [4.69, 9.17) is 20.8 Å². The molecule has 4 rings (SSSR count). The number of halogens is 1. The quantitative estimate of drug-likeness (QED) is 0.234. The molecular weight excluding hydrogens is 488 g/mol. The van der Waals surface area contributed by atoms with Gasteiger partial charge in [0.2, 0.25) is 0 Å². The van der Waals surface area contributed by atoms with E-state index in [9.17, 15) is 24.6 Å². The first-order valence-electron chi connectivity index (χ1n) is 11.5. The normalized spacial score (nSPS) is 12.1. The molecule has 10 heteroatoms. The maximum Gasteiger partial charge on any atom is 0.336 e. The second-order valence-electron chi connectivity index (χ2n) is 8.47. The second kappa shape index (κ2) is 10.7. The molecule has 0 spiro atoms. The lowest BCUT2D eigenvalue weighted by Crippen LogP contribution is -2.44. The molecule has 9 nitrogen and oxygen atoms in total. The van der Waals surface area contributed by atoms with Crippen molar-refractivity contribution >= 4 is 45.3 Å². The van der Waals surface area contributed by atoms with E-state index >= 15 is 0 Å². The Bertz CT molecular complexity index is 1490. The number of aryl methyl sites for hydroxylation is 1. The number of aromatic nitrogens is 1. The van der Waals surface area contributed by atoms with Crippen LogP contribution in [0.4, 0.5) is 0 Å². The highest BCUT2D eigenvalue weighted by atomic mass is 35.5. The number of phenols is 1. The minimum atomic E-state index is -1.23. The molecule has 2 heterocycles. The summed E-state index contributed by atoms with van der Waals surface area (Å²) < 4.78 is 10.8. The summed E-state index contributed by atoms with van der Waals surface area (Å²) >= 11 is 6.36. The summed E-state index contributed by atoms with van der Waals surface area (Å²) in [5.41, 5.74) is 1.98. The molecule has 0 radical (unpaired) electrons. The Morgan fingerprint density at radius 1 is 1.17 bits per heavy atom. The van der Waals surface area contributed by atoms with E-state index in [1.54, 1.807) is 18.3 Å². The number of aromatic hydroxyl groups is 1. The van der Waals surface area contributed by atoms with E-state index in [2.05, 4.69) is 17.2 Å². The number of carbonyl (C=O) groups is 2. The molecule has 0 saturated heterocycles. The number of carboxylic acid groups (broad SMARTS) is 1. The number of hydrogen-bond donors (Lipinski definition) is 4. The number of carboxylic acids is 1. The molecule has 0 saturated carbocycles. The zero-order valence-electron chi connectivity index (χ0n) is 19.5. The molecule has 0 unspecified atom stereocenters. The van der Waals surface area contributed by atoms with Crippen molar-refractivity contribution < 1.29 is 29.0 Å². The zero-order valence-corrected chi connectivity index (χ0v) is 20.2. The molecular formula is C26H25ClN2O7. The van der Waals surface area contributed by atoms with Crippen molar-refractivity contribution in [1.29, 1.82) is 0 Å². The highest BCUT2D eigenvalue weighted by Crippen LogP contribution is 2.32. The summed E-state index contributed by atoms with van der Waals surface area (Å²) in [5.74, 6) is -1.70. The molecule has 0 bridgehead atoms. The number of nitrogens with one attached hydrogen (secondary N) is 2. The van der Waals surface area contributed by atoms with Gasteiger partial charge in [-0.3, -0.25) is 4.79 Å². The molecule has 0 aliphatic heterocycles. The first-order chi connectivity index (χ1) is 17.2. The summed E-state index contributed by atoms with van der Waals surface area (Å²) in [6.07, 6.45) is 4.20. The molecule has 2 aromatic heterocycles. The highest BCUT2D eigenvalue weighted by molar-refractivity contribution is 6.32. The fraction of sp³-hybridized carbons (Fsp3) is 0.269. The number of phenolic OH excluding ortho intramolecular Hbond substituents is 1. The molecule has 1 amide bonds. The lowest BCUT2D eigenvalue weighted by molar-refractivity contribution is -0.142. The number of carbonyl (C=O) groups excluding carboxylic acids is 1. The van der Waals surface area contributed by atoms with Gasteiger partial charge in [-0.1, -0.05) is 24.9 Å². The Labute approximate surface area is 210 Å². The van der Waals surface area contributed by atoms with Crippen LogP contribution in [0, 0.1) is 0 Å². The molecule has 36 heavy (non-hydrogen) atoms. The van der Waals surface area contributed by atoms with Gasteiger partial charge < -0.3 is 29.7 Å². The Hall–Kier alpha value is -3.98. The van der Waals surface area contributed by atoms with Crippen molar-refractivity contribution in [3.05, 3.63) is 69.2 Å². The fourth-order valence-corrected chi connectivity index (χ4v) is 4.27. The van der Waals surface area contributed by atoms with Crippen LogP contribution in [0.3, 0.4) is 0 Å². The average Bonchev–Trinajstić information content (AvgIpc) is 3.22. The third-order valence-corrected chi connectivity index (χ3v) is 6.14. The van der Waals surface area contributed by atoms with E-state index < -0.39 is 30.2 Å². The molecule has 188 valence electrons. The van der Waals surface area contributed by atoms with Gasteiger partial charge in [0.1, 0.15) is 23.1 Å². The zero-order chi connectivity index (χ0) is 25.8. The first-order valence-corrected chi connectivity index (χ1v) is 11.8. The minimum absolute atomic E-state index is 0.00699. The van der Waals surface area contributed by atoms with Gasteiger partial charge in [-0.05, 0) is 48.2 Å². The number of unbranched alkanes of at least 4 members (excludes halogenated alkanes) is 1. The Balaban J connectivity index is 1.46. The number of aromatic amines is 1. The predicted octanol–water partition coefficient (Wildman–Crippen LogP) is 4.17. The van der Waals surface area contributed by atoms with Crippen molar-refractivity contribution in [1.82, 2.24) is 10.3 Å². The summed E-state index contributed by atoms with van der Waals surface area (Å²) in [5, 5.41) is 23.4. The van der Waals surface area contributed by atoms with Gasteiger partial charge in [-0.25, -0.2) is 9.59 Å². The van der Waals surface area contributed by atoms with Gasteiger partial charge in [-0.2, -0.15) is 0 Å². The Morgan fingerprint density at radius 2 is 1.97 bits per heavy atom. The van der Waals surface area contributed by atoms with Crippen LogP contribution in [-0.2, 0) is 22.4 Å². The number of ether oxygens (including phenoxy) is 1. The lowest BCUT2D eigenvalue weighted by Gasteiger charge is -2.15. The third-order valence-electron chi connectivity index (χ3n) is 5.85. The monoisotopic (exact) mass is 512 g/mol. The van der Waals surface area contributed by atoms with Gasteiger partial charge >= 0.3 is 11.6 Å². The molecule has 4 aromatic rings. The average molecular weight is 513 g/mol. The van der Waals surface area contributed by atoms with Crippen molar-refractivity contribution in [3.8, 4) is 11.5 Å². The van der Waals surface area contributed by atoms with Crippen LogP contribution in [0.1, 0.15) is 30.9 Å². The van der Waals surface area contributed by atoms with Crippen molar-refractivity contribution in [2.45, 2.75) is 38.6 Å². The summed E-state index contributed by atoms with van der Waals surface area (Å²) in [6.45, 7) is 1.56. The van der Waals surface area contributed by atoms with E-state index in [0.29, 0.717) is 28.3 Å². The maximum atomic E-state index is 12.5. The number of fused-ring (bicyclic) bond motifs is 2. The number of benzene rings is 2. The topological polar surface area (TPSA) is 142 Å². The fourth-order valence-electron chi connectivity index (χ4n) is 4.05. The van der Waals surface area contributed by atoms with Crippen LogP contribution < -0.4 is 15.7 Å². The van der Waals surface area contributed by atoms with E-state index in [1.165, 1.54) is 24.3 Å². The number of aliphatic carboxylic acids is 1. The van der Waals surface area contributed by atoms with E-state index in [-0.39, 0.29) is 22.9 Å². The Kier molecular flexibility index (Phi) is 7.49. The largest absolute Gasteiger partial charge is 0.508 e. The van der Waals surface area contributed by atoms with Crippen LogP contribution >= 0.6 is 11.6 Å². The second-order valence-corrected chi connectivity index (χ2v) is 8.88. The lowest BCUT2D eigenvalue weighted by atomic mass is 10.0. The van der Waals surface area contributed by atoms with Gasteiger partial charge in [0, 0.05) is 41.0 Å². The van der Waals surface area contributed by atoms with Gasteiger partial charge in [0.15, 0.2) is 6.61 Å². The predicted molar refractivity (Wildman–Crippen MR) is 135 cm³/mol. The minimum Gasteiger partial charge on any atom is -0.508 e. The van der Waals surface area contributed by atoms with E-state index in [1.807, 2.05) is 0 Å². The van der Waals surface area contributed by atoms with Crippen molar-refractivity contribution in [2.75, 3.05) is 6.61 Å². The van der Waals surface area contributed by atoms with Crippen LogP contribution in [-0.4, -0.2) is 39.7 Å². The maximum absolute atomic E-state index is 12.5. The Morgan fingerprint density at radius 3 is 2.72 bits per heavy atom. The molecule has 0 fully saturated rings. The standard InChI is InChI=1S/C26H25ClN2O7/c1-2-3-4-14-8-25(32)36-22-11-23(19(27)10-18(14)22)35-13-24(31)29-21(26(33)34)7-15-12-28-20-6-5-16(30)9-17(15)20/h5-6,8-12,21,28,30H,2-4,7,13H2,1H3,(H,29,31)(H,33,34)/t21-/m1/s1. The number of rotatable bonds is 10. The van der Waals surface area contributed by atoms with Crippen molar-refractivity contribution in [3.63, 3.8) is 0 Å². The van der Waals surface area contributed by atoms with Gasteiger partial charge in [0.05, 0.1) is 5.02 Å². The van der Waals surface area contributed by atoms with Gasteiger partial charge in [0.25, 0.3) is 5.91 Å². The molecule has 1 atom stereocenters. The summed E-state index contributed by atoms with van der Waals surface area (Å²) in [4.78, 5) is 39.3. The molecule has 0 aliphatic rings. The number of amides is 1. The van der Waals surface area contributed by atoms with Crippen LogP contribution in [0.2, 0.25) is 5.02 Å². The van der Waals surface area contributed by atoms with Crippen LogP contribution in [0.5, 0.6) is 11.5 Å². The first kappa shape index (κ1) is 25.1. The number of hydrogen-bond acceptors (Lipinski definition) is 6. The van der Waals surface area contributed by atoms with Crippen LogP contribution in [0.25, 0.3) is 21.9 Å². The SMILES string of the molecule is CCCCc1cc(=O)oc2cc(OCC(=O)N[C@H](Cc3c[nH]c4ccc(O)cc34)C(=O)O)c(Cl)cc12. The van der Waals surface area contributed by atoms with Crippen LogP contribution in [0.15, 0.2) is 51.8 Å². The summed E-state index contributed by atoms with van der Waals surface area (Å²) in [7, 11) is 0. The molecule has 4 N–H and O–H groups in total. The van der Waals surface area contributed by atoms with Gasteiger partial charge in [-0.15, -0.1) is 0 Å².